The Kier molecular flexibility index (Phi) is 5.33. The maximum absolute atomic E-state index is 12.0. The van der Waals surface area contributed by atoms with Crippen molar-refractivity contribution in [3.8, 4) is 0 Å². The van der Waals surface area contributed by atoms with E-state index in [0.29, 0.717) is 13.0 Å². The number of urea groups is 1. The summed E-state index contributed by atoms with van der Waals surface area (Å²) in [5, 5.41) is 14.4. The van der Waals surface area contributed by atoms with Crippen LogP contribution in [0.5, 0.6) is 0 Å². The summed E-state index contributed by atoms with van der Waals surface area (Å²) in [6.45, 7) is 2.30. The summed E-state index contributed by atoms with van der Waals surface area (Å²) >= 11 is 0. The van der Waals surface area contributed by atoms with E-state index < -0.39 is 0 Å². The topological polar surface area (TPSA) is 64.6 Å². The molecule has 1 aliphatic rings. The number of rotatable bonds is 6. The van der Waals surface area contributed by atoms with Crippen molar-refractivity contribution in [3.05, 3.63) is 59.7 Å². The number of anilines is 2. The van der Waals surface area contributed by atoms with E-state index in [-0.39, 0.29) is 12.6 Å². The van der Waals surface area contributed by atoms with Crippen molar-refractivity contribution in [2.24, 2.45) is 0 Å². The molecule has 5 heteroatoms. The van der Waals surface area contributed by atoms with Gasteiger partial charge in [0.2, 0.25) is 0 Å². The van der Waals surface area contributed by atoms with Crippen LogP contribution in [-0.2, 0) is 13.0 Å². The van der Waals surface area contributed by atoms with Crippen LogP contribution < -0.4 is 15.5 Å². The van der Waals surface area contributed by atoms with Crippen molar-refractivity contribution >= 4 is 17.4 Å². The summed E-state index contributed by atoms with van der Waals surface area (Å²) in [6.07, 6.45) is 1.62. The lowest BCUT2D eigenvalue weighted by atomic mass is 10.1. The van der Waals surface area contributed by atoms with Crippen molar-refractivity contribution in [2.75, 3.05) is 29.9 Å². The molecule has 2 aromatic rings. The van der Waals surface area contributed by atoms with Gasteiger partial charge in [-0.05, 0) is 36.1 Å². The SMILES string of the molecule is O=C(NCCCO)Nc1ccccc1CN1CCc2ccccc21. The van der Waals surface area contributed by atoms with Crippen LogP contribution in [0.4, 0.5) is 16.2 Å². The number of fused-ring (bicyclic) bond motifs is 1. The molecule has 0 saturated heterocycles. The first-order valence-corrected chi connectivity index (χ1v) is 8.34. The van der Waals surface area contributed by atoms with E-state index in [1.807, 2.05) is 24.3 Å². The van der Waals surface area contributed by atoms with Gasteiger partial charge in [0.25, 0.3) is 0 Å². The summed E-state index contributed by atoms with van der Waals surface area (Å²) in [5.74, 6) is 0. The monoisotopic (exact) mass is 325 g/mol. The van der Waals surface area contributed by atoms with Gasteiger partial charge >= 0.3 is 6.03 Å². The Bertz CT molecular complexity index is 703. The molecule has 3 N–H and O–H groups in total. The normalized spacial score (nSPS) is 12.8. The van der Waals surface area contributed by atoms with E-state index in [1.54, 1.807) is 0 Å². The lowest BCUT2D eigenvalue weighted by Gasteiger charge is -2.21. The van der Waals surface area contributed by atoms with Crippen molar-refractivity contribution < 1.29 is 9.90 Å². The smallest absolute Gasteiger partial charge is 0.319 e. The van der Waals surface area contributed by atoms with Gasteiger partial charge in [-0.3, -0.25) is 0 Å². The summed E-state index contributed by atoms with van der Waals surface area (Å²) in [4.78, 5) is 14.3. The quantitative estimate of drug-likeness (QED) is 0.716. The zero-order valence-corrected chi connectivity index (χ0v) is 13.7. The van der Waals surface area contributed by atoms with Crippen molar-refractivity contribution in [3.63, 3.8) is 0 Å². The Morgan fingerprint density at radius 2 is 1.92 bits per heavy atom. The number of nitrogens with one attached hydrogen (secondary N) is 2. The maximum Gasteiger partial charge on any atom is 0.319 e. The zero-order valence-electron chi connectivity index (χ0n) is 13.7. The fourth-order valence-corrected chi connectivity index (χ4v) is 3.00. The molecule has 1 heterocycles. The molecule has 0 aliphatic carbocycles. The van der Waals surface area contributed by atoms with Gasteiger partial charge in [0.1, 0.15) is 0 Å². The Labute approximate surface area is 142 Å². The number of carbonyl (C=O) groups is 1. The summed E-state index contributed by atoms with van der Waals surface area (Å²) in [7, 11) is 0. The van der Waals surface area contributed by atoms with Gasteiger partial charge in [-0.2, -0.15) is 0 Å². The molecule has 5 nitrogen and oxygen atoms in total. The Morgan fingerprint density at radius 3 is 2.79 bits per heavy atom. The highest BCUT2D eigenvalue weighted by Crippen LogP contribution is 2.30. The molecule has 0 unspecified atom stereocenters. The van der Waals surface area contributed by atoms with Crippen LogP contribution in [0.25, 0.3) is 0 Å². The standard InChI is InChI=1S/C19H23N3O2/c23-13-5-11-20-19(24)21-17-8-3-1-7-16(17)14-22-12-10-15-6-2-4-9-18(15)22/h1-4,6-9,23H,5,10-14H2,(H2,20,21,24). The minimum Gasteiger partial charge on any atom is -0.396 e. The Morgan fingerprint density at radius 1 is 1.12 bits per heavy atom. The van der Waals surface area contributed by atoms with E-state index in [2.05, 4.69) is 39.8 Å². The van der Waals surface area contributed by atoms with Gasteiger partial charge in [-0.25, -0.2) is 4.79 Å². The van der Waals surface area contributed by atoms with Crippen LogP contribution in [-0.4, -0.2) is 30.8 Å². The molecule has 24 heavy (non-hydrogen) atoms. The van der Waals surface area contributed by atoms with E-state index in [1.165, 1.54) is 11.3 Å². The number of benzene rings is 2. The summed E-state index contributed by atoms with van der Waals surface area (Å²) in [6, 6.07) is 16.1. The Balaban J connectivity index is 1.68. The van der Waals surface area contributed by atoms with Gasteiger partial charge in [0.05, 0.1) is 0 Å². The van der Waals surface area contributed by atoms with Gasteiger partial charge in [0, 0.05) is 37.6 Å². The fraction of sp³-hybridized carbons (Fsp3) is 0.316. The first-order valence-electron chi connectivity index (χ1n) is 8.34. The molecular weight excluding hydrogens is 302 g/mol. The molecule has 2 aromatic carbocycles. The number of aliphatic hydroxyl groups excluding tert-OH is 1. The second kappa shape index (κ2) is 7.84. The Hall–Kier alpha value is -2.53. The van der Waals surface area contributed by atoms with Crippen LogP contribution in [0.3, 0.4) is 0 Å². The third kappa shape index (κ3) is 3.86. The number of hydrogen-bond acceptors (Lipinski definition) is 3. The zero-order chi connectivity index (χ0) is 16.8. The fourth-order valence-electron chi connectivity index (χ4n) is 3.00. The van der Waals surface area contributed by atoms with Crippen LogP contribution >= 0.6 is 0 Å². The molecule has 1 aliphatic heterocycles. The third-order valence-corrected chi connectivity index (χ3v) is 4.23. The molecule has 0 bridgehead atoms. The molecule has 0 fully saturated rings. The minimum atomic E-state index is -0.238. The summed E-state index contributed by atoms with van der Waals surface area (Å²) in [5.41, 5.74) is 4.57. The highest BCUT2D eigenvalue weighted by Gasteiger charge is 2.19. The lowest BCUT2D eigenvalue weighted by Crippen LogP contribution is -2.30. The lowest BCUT2D eigenvalue weighted by molar-refractivity contribution is 0.249. The number of amides is 2. The number of nitrogens with zero attached hydrogens (tertiary/aromatic N) is 1. The minimum absolute atomic E-state index is 0.0746. The predicted octanol–water partition coefficient (Wildman–Crippen LogP) is 2.75. The van der Waals surface area contributed by atoms with E-state index >= 15 is 0 Å². The van der Waals surface area contributed by atoms with Crippen molar-refractivity contribution in [2.45, 2.75) is 19.4 Å². The third-order valence-electron chi connectivity index (χ3n) is 4.23. The molecule has 2 amide bonds. The van der Waals surface area contributed by atoms with Crippen LogP contribution in [0.1, 0.15) is 17.5 Å². The number of aliphatic hydroxyl groups is 1. The maximum atomic E-state index is 12.0. The molecule has 0 spiro atoms. The van der Waals surface area contributed by atoms with E-state index in [4.69, 9.17) is 5.11 Å². The number of carbonyl (C=O) groups excluding carboxylic acids is 1. The van der Waals surface area contributed by atoms with E-state index in [9.17, 15) is 4.79 Å². The highest BCUT2D eigenvalue weighted by molar-refractivity contribution is 5.90. The van der Waals surface area contributed by atoms with Crippen LogP contribution in [0.15, 0.2) is 48.5 Å². The van der Waals surface area contributed by atoms with Crippen LogP contribution in [0.2, 0.25) is 0 Å². The average Bonchev–Trinajstić information content (AvgIpc) is 3.00. The molecule has 3 rings (SSSR count). The molecule has 0 radical (unpaired) electrons. The van der Waals surface area contributed by atoms with Crippen LogP contribution in [0, 0.1) is 0 Å². The van der Waals surface area contributed by atoms with Gasteiger partial charge in [0.15, 0.2) is 0 Å². The largest absolute Gasteiger partial charge is 0.396 e. The number of para-hydroxylation sites is 2. The molecular formula is C19H23N3O2. The number of hydrogen-bond donors (Lipinski definition) is 3. The van der Waals surface area contributed by atoms with Gasteiger partial charge < -0.3 is 20.6 Å². The van der Waals surface area contributed by atoms with E-state index in [0.717, 1.165) is 30.8 Å². The van der Waals surface area contributed by atoms with Gasteiger partial charge in [-0.15, -0.1) is 0 Å². The first-order chi connectivity index (χ1) is 11.8. The molecule has 0 saturated carbocycles. The van der Waals surface area contributed by atoms with Crippen molar-refractivity contribution in [1.82, 2.24) is 5.32 Å². The van der Waals surface area contributed by atoms with Crippen molar-refractivity contribution in [1.29, 1.82) is 0 Å². The second-order valence-electron chi connectivity index (χ2n) is 5.92. The highest BCUT2D eigenvalue weighted by atomic mass is 16.3. The molecule has 126 valence electrons. The van der Waals surface area contributed by atoms with Gasteiger partial charge in [-0.1, -0.05) is 36.4 Å². The first kappa shape index (κ1) is 16.3. The average molecular weight is 325 g/mol. The molecule has 0 atom stereocenters. The molecule has 0 aromatic heterocycles. The summed E-state index contributed by atoms with van der Waals surface area (Å²) < 4.78 is 0. The predicted molar refractivity (Wildman–Crippen MR) is 96.4 cm³/mol. The second-order valence-corrected chi connectivity index (χ2v) is 5.92.